The molecule has 3 aliphatic rings. The van der Waals surface area contributed by atoms with Gasteiger partial charge in [0.15, 0.2) is 5.72 Å². The summed E-state index contributed by atoms with van der Waals surface area (Å²) in [4.78, 5) is 15.6. The van der Waals surface area contributed by atoms with Crippen LogP contribution in [0, 0.1) is 16.7 Å². The van der Waals surface area contributed by atoms with E-state index < -0.39 is 5.72 Å². The maximum absolute atomic E-state index is 13.7. The van der Waals surface area contributed by atoms with Crippen molar-refractivity contribution < 1.29 is 9.53 Å². The fourth-order valence-corrected chi connectivity index (χ4v) is 5.85. The van der Waals surface area contributed by atoms with Crippen LogP contribution in [-0.4, -0.2) is 11.6 Å². The average Bonchev–Trinajstić information content (AvgIpc) is 2.95. The van der Waals surface area contributed by atoms with Crippen LogP contribution in [-0.2, 0) is 0 Å². The molecule has 3 nitrogen and oxygen atoms in total. The SMILES string of the molecule is CC1(C)[C@H]2CC[C@]1(C)[C@]1(C2)Oc2ccccc2C(=O)N1c1ccccc1. The Morgan fingerprint density at radius 3 is 2.35 bits per heavy atom. The molecule has 1 amide bonds. The predicted octanol–water partition coefficient (Wildman–Crippen LogP) is 5.27. The second kappa shape index (κ2) is 4.91. The van der Waals surface area contributed by atoms with E-state index >= 15 is 0 Å². The number of carbonyl (C=O) groups is 1. The van der Waals surface area contributed by atoms with Crippen LogP contribution in [0.5, 0.6) is 5.75 Å². The van der Waals surface area contributed by atoms with Gasteiger partial charge in [0, 0.05) is 17.5 Å². The van der Waals surface area contributed by atoms with Crippen molar-refractivity contribution in [3.05, 3.63) is 60.2 Å². The van der Waals surface area contributed by atoms with Crippen molar-refractivity contribution in [1.82, 2.24) is 0 Å². The van der Waals surface area contributed by atoms with Gasteiger partial charge in [0.25, 0.3) is 5.91 Å². The van der Waals surface area contributed by atoms with Crippen molar-refractivity contribution >= 4 is 11.6 Å². The minimum Gasteiger partial charge on any atom is -0.466 e. The van der Waals surface area contributed by atoms with E-state index in [-0.39, 0.29) is 16.7 Å². The van der Waals surface area contributed by atoms with E-state index in [9.17, 15) is 4.79 Å². The Morgan fingerprint density at radius 1 is 1.00 bits per heavy atom. The van der Waals surface area contributed by atoms with Crippen molar-refractivity contribution in [1.29, 1.82) is 0 Å². The first-order valence-corrected chi connectivity index (χ1v) is 9.58. The van der Waals surface area contributed by atoms with Gasteiger partial charge in [0.1, 0.15) is 5.75 Å². The normalized spacial score (nSPS) is 34.0. The summed E-state index contributed by atoms with van der Waals surface area (Å²) in [6.07, 6.45) is 3.20. The van der Waals surface area contributed by atoms with Crippen LogP contribution in [0.15, 0.2) is 54.6 Å². The van der Waals surface area contributed by atoms with Gasteiger partial charge in [0.2, 0.25) is 0 Å². The zero-order chi connectivity index (χ0) is 18.2. The largest absolute Gasteiger partial charge is 0.466 e. The smallest absolute Gasteiger partial charge is 0.265 e. The van der Waals surface area contributed by atoms with Gasteiger partial charge in [-0.05, 0) is 48.4 Å². The number of fused-ring (bicyclic) bond motifs is 4. The van der Waals surface area contributed by atoms with E-state index in [4.69, 9.17) is 4.74 Å². The van der Waals surface area contributed by atoms with Gasteiger partial charge in [-0.25, -0.2) is 0 Å². The molecule has 2 fully saturated rings. The van der Waals surface area contributed by atoms with E-state index in [1.54, 1.807) is 0 Å². The first-order valence-electron chi connectivity index (χ1n) is 9.58. The molecule has 2 saturated carbocycles. The van der Waals surface area contributed by atoms with Gasteiger partial charge in [-0.15, -0.1) is 0 Å². The molecule has 134 valence electrons. The lowest BCUT2D eigenvalue weighted by Crippen LogP contribution is -2.67. The Bertz CT molecular complexity index is 890. The highest BCUT2D eigenvalue weighted by molar-refractivity contribution is 6.10. The van der Waals surface area contributed by atoms with Crippen LogP contribution in [0.4, 0.5) is 5.69 Å². The summed E-state index contributed by atoms with van der Waals surface area (Å²) in [7, 11) is 0. The summed E-state index contributed by atoms with van der Waals surface area (Å²) in [6.45, 7) is 7.05. The van der Waals surface area contributed by atoms with Gasteiger partial charge in [0.05, 0.1) is 5.56 Å². The maximum atomic E-state index is 13.7. The molecule has 2 aromatic rings. The molecule has 2 bridgehead atoms. The van der Waals surface area contributed by atoms with Gasteiger partial charge in [-0.3, -0.25) is 9.69 Å². The lowest BCUT2D eigenvalue weighted by atomic mass is 9.66. The number of benzene rings is 2. The zero-order valence-electron chi connectivity index (χ0n) is 15.7. The Labute approximate surface area is 155 Å². The third-order valence-electron chi connectivity index (χ3n) is 7.80. The quantitative estimate of drug-likeness (QED) is 0.703. The predicted molar refractivity (Wildman–Crippen MR) is 102 cm³/mol. The average molecular weight is 347 g/mol. The number of hydrogen-bond donors (Lipinski definition) is 0. The number of ether oxygens (including phenoxy) is 1. The topological polar surface area (TPSA) is 29.5 Å². The fraction of sp³-hybridized carbons (Fsp3) is 0.435. The molecule has 5 rings (SSSR count). The Hall–Kier alpha value is -2.29. The first kappa shape index (κ1) is 15.9. The molecule has 3 atom stereocenters. The molecule has 1 aliphatic heterocycles. The number of rotatable bonds is 1. The highest BCUT2D eigenvalue weighted by Gasteiger charge is 2.74. The number of anilines is 1. The molecule has 26 heavy (non-hydrogen) atoms. The number of para-hydroxylation sites is 2. The number of nitrogens with zero attached hydrogens (tertiary/aromatic N) is 1. The van der Waals surface area contributed by atoms with Crippen LogP contribution < -0.4 is 9.64 Å². The van der Waals surface area contributed by atoms with E-state index in [2.05, 4.69) is 20.8 Å². The van der Waals surface area contributed by atoms with Crippen molar-refractivity contribution in [2.45, 2.75) is 45.8 Å². The number of hydrogen-bond acceptors (Lipinski definition) is 2. The van der Waals surface area contributed by atoms with Crippen LogP contribution in [0.25, 0.3) is 0 Å². The monoisotopic (exact) mass is 347 g/mol. The van der Waals surface area contributed by atoms with Crippen LogP contribution in [0.1, 0.15) is 50.4 Å². The first-order chi connectivity index (χ1) is 12.4. The molecule has 2 aliphatic carbocycles. The summed E-state index contributed by atoms with van der Waals surface area (Å²) < 4.78 is 6.80. The standard InChI is InChI=1S/C23H25NO2/c1-21(2)16-13-14-22(21,3)23(15-16)24(17-9-5-4-6-10-17)20(25)18-11-7-8-12-19(18)26-23/h4-12,16H,13-15H2,1-3H3/t16-,22-,23-/m0/s1. The molecule has 1 heterocycles. The summed E-state index contributed by atoms with van der Waals surface area (Å²) in [5.41, 5.74) is 1.01. The van der Waals surface area contributed by atoms with Crippen molar-refractivity contribution in [3.8, 4) is 5.75 Å². The molecular formula is C23H25NO2. The number of carbonyl (C=O) groups excluding carboxylic acids is 1. The fourth-order valence-electron chi connectivity index (χ4n) is 5.85. The summed E-state index contributed by atoms with van der Waals surface area (Å²) >= 11 is 0. The highest BCUT2D eigenvalue weighted by atomic mass is 16.5. The van der Waals surface area contributed by atoms with Crippen molar-refractivity contribution in [3.63, 3.8) is 0 Å². The molecular weight excluding hydrogens is 322 g/mol. The maximum Gasteiger partial charge on any atom is 0.265 e. The Balaban J connectivity index is 1.77. The second-order valence-corrected chi connectivity index (χ2v) is 8.85. The summed E-state index contributed by atoms with van der Waals surface area (Å²) in [5, 5.41) is 0. The van der Waals surface area contributed by atoms with Gasteiger partial charge in [-0.2, -0.15) is 0 Å². The Kier molecular flexibility index (Phi) is 3.00. The van der Waals surface area contributed by atoms with Crippen molar-refractivity contribution in [2.75, 3.05) is 4.90 Å². The zero-order valence-corrected chi connectivity index (χ0v) is 15.7. The van der Waals surface area contributed by atoms with Crippen molar-refractivity contribution in [2.24, 2.45) is 16.7 Å². The summed E-state index contributed by atoms with van der Waals surface area (Å²) in [6, 6.07) is 17.7. The van der Waals surface area contributed by atoms with E-state index in [0.717, 1.165) is 24.3 Å². The Morgan fingerprint density at radius 2 is 1.69 bits per heavy atom. The molecule has 2 aromatic carbocycles. The molecule has 0 saturated heterocycles. The lowest BCUT2D eigenvalue weighted by molar-refractivity contribution is -0.0705. The molecule has 0 radical (unpaired) electrons. The van der Waals surface area contributed by atoms with Crippen LogP contribution >= 0.6 is 0 Å². The molecule has 0 aromatic heterocycles. The third kappa shape index (κ3) is 1.67. The van der Waals surface area contributed by atoms with E-state index in [1.165, 1.54) is 6.42 Å². The number of amides is 1. The molecule has 0 unspecified atom stereocenters. The van der Waals surface area contributed by atoms with Crippen LogP contribution in [0.2, 0.25) is 0 Å². The lowest BCUT2D eigenvalue weighted by Gasteiger charge is -2.55. The van der Waals surface area contributed by atoms with Crippen LogP contribution in [0.3, 0.4) is 0 Å². The van der Waals surface area contributed by atoms with Gasteiger partial charge < -0.3 is 4.74 Å². The minimum absolute atomic E-state index is 0.0580. The van der Waals surface area contributed by atoms with Gasteiger partial charge >= 0.3 is 0 Å². The minimum atomic E-state index is -0.619. The molecule has 3 heteroatoms. The summed E-state index contributed by atoms with van der Waals surface area (Å²) in [5.74, 6) is 1.36. The highest BCUT2D eigenvalue weighted by Crippen LogP contribution is 2.72. The molecule has 0 N–H and O–H groups in total. The molecule has 1 spiro atoms. The van der Waals surface area contributed by atoms with E-state index in [0.29, 0.717) is 11.5 Å². The second-order valence-electron chi connectivity index (χ2n) is 8.85. The van der Waals surface area contributed by atoms with Gasteiger partial charge in [-0.1, -0.05) is 51.1 Å². The van der Waals surface area contributed by atoms with E-state index in [1.807, 2.05) is 59.5 Å². The third-order valence-corrected chi connectivity index (χ3v) is 7.80.